The zero-order valence-corrected chi connectivity index (χ0v) is 9.49. The topological polar surface area (TPSA) is 78.4 Å². The molecule has 5 heteroatoms. The van der Waals surface area contributed by atoms with Crippen LogP contribution in [0.4, 0.5) is 5.69 Å². The SMILES string of the molecule is C[C@H](CO)NC(=O)c1ccc2c(c1)NC(=O)C2. The molecule has 0 unspecified atom stereocenters. The standard InChI is InChI=1S/C12H14N2O3/c1-7(6-15)13-12(17)9-3-2-8-5-11(16)14-10(8)4-9/h2-4,7,15H,5-6H2,1H3,(H,13,17)(H,14,16)/t7-/m1/s1. The molecule has 0 fully saturated rings. The highest BCUT2D eigenvalue weighted by atomic mass is 16.3. The van der Waals surface area contributed by atoms with Gasteiger partial charge in [0.2, 0.25) is 5.91 Å². The van der Waals surface area contributed by atoms with E-state index < -0.39 is 0 Å². The average Bonchev–Trinajstić information content (AvgIpc) is 2.67. The lowest BCUT2D eigenvalue weighted by Crippen LogP contribution is -2.34. The predicted octanol–water partition coefficient (Wildman–Crippen LogP) is 0.292. The molecule has 1 heterocycles. The lowest BCUT2D eigenvalue weighted by atomic mass is 10.1. The lowest BCUT2D eigenvalue weighted by molar-refractivity contribution is -0.115. The molecule has 2 amide bonds. The van der Waals surface area contributed by atoms with E-state index in [1.807, 2.05) is 0 Å². The number of aliphatic hydroxyl groups is 1. The minimum Gasteiger partial charge on any atom is -0.394 e. The van der Waals surface area contributed by atoms with Crippen LogP contribution in [0.5, 0.6) is 0 Å². The first kappa shape index (κ1) is 11.6. The van der Waals surface area contributed by atoms with E-state index >= 15 is 0 Å². The van der Waals surface area contributed by atoms with Crippen LogP contribution >= 0.6 is 0 Å². The number of carbonyl (C=O) groups excluding carboxylic acids is 2. The van der Waals surface area contributed by atoms with Crippen LogP contribution in [-0.4, -0.2) is 29.6 Å². The number of hydrogen-bond acceptors (Lipinski definition) is 3. The number of benzene rings is 1. The fourth-order valence-corrected chi connectivity index (χ4v) is 1.71. The maximum atomic E-state index is 11.8. The summed E-state index contributed by atoms with van der Waals surface area (Å²) in [6.45, 7) is 1.61. The van der Waals surface area contributed by atoms with Gasteiger partial charge in [-0.1, -0.05) is 6.07 Å². The van der Waals surface area contributed by atoms with E-state index in [1.54, 1.807) is 25.1 Å². The van der Waals surface area contributed by atoms with Crippen molar-refractivity contribution in [2.24, 2.45) is 0 Å². The Balaban J connectivity index is 2.16. The Bertz CT molecular complexity index is 471. The van der Waals surface area contributed by atoms with Crippen molar-refractivity contribution in [3.05, 3.63) is 29.3 Å². The predicted molar refractivity (Wildman–Crippen MR) is 62.8 cm³/mol. The number of rotatable bonds is 3. The van der Waals surface area contributed by atoms with E-state index in [0.717, 1.165) is 5.56 Å². The van der Waals surface area contributed by atoms with Crippen LogP contribution in [0.2, 0.25) is 0 Å². The molecule has 0 saturated heterocycles. The molecule has 5 nitrogen and oxygen atoms in total. The third-order valence-corrected chi connectivity index (χ3v) is 2.65. The van der Waals surface area contributed by atoms with Crippen molar-refractivity contribution in [2.45, 2.75) is 19.4 Å². The fourth-order valence-electron chi connectivity index (χ4n) is 1.71. The van der Waals surface area contributed by atoms with Crippen LogP contribution in [0.25, 0.3) is 0 Å². The van der Waals surface area contributed by atoms with Gasteiger partial charge < -0.3 is 15.7 Å². The number of amides is 2. The number of carbonyl (C=O) groups is 2. The molecule has 1 aromatic carbocycles. The maximum Gasteiger partial charge on any atom is 0.251 e. The normalized spacial score (nSPS) is 15.1. The number of nitrogens with one attached hydrogen (secondary N) is 2. The Kier molecular flexibility index (Phi) is 3.10. The zero-order valence-electron chi connectivity index (χ0n) is 9.49. The first-order valence-electron chi connectivity index (χ1n) is 5.44. The summed E-state index contributed by atoms with van der Waals surface area (Å²) in [5.74, 6) is -0.309. The van der Waals surface area contributed by atoms with Crippen LogP contribution < -0.4 is 10.6 Å². The number of hydrogen-bond donors (Lipinski definition) is 3. The molecule has 1 atom stereocenters. The quantitative estimate of drug-likeness (QED) is 0.703. The van der Waals surface area contributed by atoms with Gasteiger partial charge in [-0.05, 0) is 24.6 Å². The third-order valence-electron chi connectivity index (χ3n) is 2.65. The van der Waals surface area contributed by atoms with Crippen LogP contribution in [-0.2, 0) is 11.2 Å². The molecule has 1 aliphatic rings. The van der Waals surface area contributed by atoms with E-state index in [-0.39, 0.29) is 24.5 Å². The van der Waals surface area contributed by atoms with Crippen molar-refractivity contribution in [3.8, 4) is 0 Å². The van der Waals surface area contributed by atoms with Crippen molar-refractivity contribution >= 4 is 17.5 Å². The molecule has 0 spiro atoms. The number of anilines is 1. The van der Waals surface area contributed by atoms with E-state index in [4.69, 9.17) is 5.11 Å². The number of fused-ring (bicyclic) bond motifs is 1. The van der Waals surface area contributed by atoms with Gasteiger partial charge in [0.15, 0.2) is 0 Å². The molecule has 17 heavy (non-hydrogen) atoms. The Morgan fingerprint density at radius 3 is 3.06 bits per heavy atom. The van der Waals surface area contributed by atoms with Gasteiger partial charge in [-0.3, -0.25) is 9.59 Å². The molecule has 1 aromatic rings. The monoisotopic (exact) mass is 234 g/mol. The second kappa shape index (κ2) is 4.55. The lowest BCUT2D eigenvalue weighted by Gasteiger charge is -2.11. The molecule has 0 aromatic heterocycles. The van der Waals surface area contributed by atoms with Crippen molar-refractivity contribution in [1.82, 2.24) is 5.32 Å². The highest BCUT2D eigenvalue weighted by Gasteiger charge is 2.19. The second-order valence-electron chi connectivity index (χ2n) is 4.15. The van der Waals surface area contributed by atoms with Gasteiger partial charge in [0.25, 0.3) is 5.91 Å². The molecule has 2 rings (SSSR count). The van der Waals surface area contributed by atoms with Gasteiger partial charge in [-0.25, -0.2) is 0 Å². The summed E-state index contributed by atoms with van der Waals surface area (Å²) in [4.78, 5) is 22.9. The van der Waals surface area contributed by atoms with Crippen LogP contribution in [0.1, 0.15) is 22.8 Å². The molecular weight excluding hydrogens is 220 g/mol. The molecule has 1 aliphatic heterocycles. The number of aliphatic hydroxyl groups excluding tert-OH is 1. The summed E-state index contributed by atoms with van der Waals surface area (Å²) in [6, 6.07) is 4.81. The minimum atomic E-state index is -0.287. The summed E-state index contributed by atoms with van der Waals surface area (Å²) in [5, 5.41) is 14.2. The Morgan fingerprint density at radius 2 is 2.35 bits per heavy atom. The Morgan fingerprint density at radius 1 is 1.59 bits per heavy atom. The summed E-state index contributed by atoms with van der Waals surface area (Å²) in [6.07, 6.45) is 0.365. The first-order valence-corrected chi connectivity index (χ1v) is 5.44. The van der Waals surface area contributed by atoms with Gasteiger partial charge >= 0.3 is 0 Å². The summed E-state index contributed by atoms with van der Waals surface area (Å²) in [7, 11) is 0. The molecule has 3 N–H and O–H groups in total. The fraction of sp³-hybridized carbons (Fsp3) is 0.333. The maximum absolute atomic E-state index is 11.8. The van der Waals surface area contributed by atoms with Gasteiger partial charge in [0.05, 0.1) is 13.0 Å². The highest BCUT2D eigenvalue weighted by molar-refractivity contribution is 6.02. The zero-order chi connectivity index (χ0) is 12.4. The van der Waals surface area contributed by atoms with Crippen molar-refractivity contribution in [3.63, 3.8) is 0 Å². The van der Waals surface area contributed by atoms with Gasteiger partial charge in [-0.2, -0.15) is 0 Å². The molecule has 0 aliphatic carbocycles. The second-order valence-corrected chi connectivity index (χ2v) is 4.15. The summed E-state index contributed by atoms with van der Waals surface area (Å²) < 4.78 is 0. The Labute approximate surface area is 98.8 Å². The Hall–Kier alpha value is -1.88. The van der Waals surface area contributed by atoms with Crippen LogP contribution in [0, 0.1) is 0 Å². The van der Waals surface area contributed by atoms with Gasteiger partial charge in [0.1, 0.15) is 0 Å². The molecule has 90 valence electrons. The largest absolute Gasteiger partial charge is 0.394 e. The van der Waals surface area contributed by atoms with E-state index in [1.165, 1.54) is 0 Å². The summed E-state index contributed by atoms with van der Waals surface area (Å²) in [5.41, 5.74) is 2.08. The highest BCUT2D eigenvalue weighted by Crippen LogP contribution is 2.23. The van der Waals surface area contributed by atoms with Crippen LogP contribution in [0.3, 0.4) is 0 Å². The van der Waals surface area contributed by atoms with E-state index in [0.29, 0.717) is 17.7 Å². The third kappa shape index (κ3) is 2.45. The summed E-state index contributed by atoms with van der Waals surface area (Å²) >= 11 is 0. The van der Waals surface area contributed by atoms with E-state index in [9.17, 15) is 9.59 Å². The molecular formula is C12H14N2O3. The molecule has 0 bridgehead atoms. The van der Waals surface area contributed by atoms with Crippen LogP contribution in [0.15, 0.2) is 18.2 Å². The minimum absolute atomic E-state index is 0.0544. The first-order chi connectivity index (χ1) is 8.10. The molecule has 0 radical (unpaired) electrons. The van der Waals surface area contributed by atoms with Gasteiger partial charge in [0, 0.05) is 17.3 Å². The van der Waals surface area contributed by atoms with Crippen molar-refractivity contribution in [2.75, 3.05) is 11.9 Å². The average molecular weight is 234 g/mol. The molecule has 0 saturated carbocycles. The van der Waals surface area contributed by atoms with Crippen molar-refractivity contribution < 1.29 is 14.7 Å². The van der Waals surface area contributed by atoms with Gasteiger partial charge in [-0.15, -0.1) is 0 Å². The van der Waals surface area contributed by atoms with E-state index in [2.05, 4.69) is 10.6 Å². The smallest absolute Gasteiger partial charge is 0.251 e. The van der Waals surface area contributed by atoms with Crippen molar-refractivity contribution in [1.29, 1.82) is 0 Å².